The number of hydrogen-bond acceptors (Lipinski definition) is 1. The highest BCUT2D eigenvalue weighted by molar-refractivity contribution is 4.82. The van der Waals surface area contributed by atoms with Crippen LogP contribution < -0.4 is 0 Å². The van der Waals surface area contributed by atoms with E-state index in [9.17, 15) is 0 Å². The first kappa shape index (κ1) is 16.4. The standard InChI is InChI=1S/C16H30O/c1-3-5-7-9-11-13-15-17-16-14-12-10-8-6-4-2/h3,11,13H,1,4-10,12,14-16H2,2H3. The minimum absolute atomic E-state index is 0.781. The van der Waals surface area contributed by atoms with Gasteiger partial charge in [-0.3, -0.25) is 0 Å². The van der Waals surface area contributed by atoms with Gasteiger partial charge in [0.2, 0.25) is 0 Å². The maximum Gasteiger partial charge on any atom is 0.0647 e. The third kappa shape index (κ3) is 15.4. The van der Waals surface area contributed by atoms with E-state index in [4.69, 9.17) is 4.74 Å². The summed E-state index contributed by atoms with van der Waals surface area (Å²) in [5.74, 6) is 0. The van der Waals surface area contributed by atoms with Crippen molar-refractivity contribution in [2.45, 2.75) is 64.7 Å². The molecule has 0 rings (SSSR count). The Kier molecular flexibility index (Phi) is 14.9. The maximum atomic E-state index is 5.54. The summed E-state index contributed by atoms with van der Waals surface area (Å²) in [6, 6.07) is 0. The van der Waals surface area contributed by atoms with E-state index in [1.165, 1.54) is 44.9 Å². The van der Waals surface area contributed by atoms with Crippen molar-refractivity contribution in [3.05, 3.63) is 24.8 Å². The van der Waals surface area contributed by atoms with Crippen molar-refractivity contribution < 1.29 is 4.74 Å². The Balaban J connectivity index is 3.00. The second kappa shape index (κ2) is 15.4. The molecule has 0 saturated carbocycles. The Morgan fingerprint density at radius 2 is 1.65 bits per heavy atom. The van der Waals surface area contributed by atoms with Crippen molar-refractivity contribution in [3.8, 4) is 0 Å². The van der Waals surface area contributed by atoms with Crippen LogP contribution in [0.2, 0.25) is 0 Å². The van der Waals surface area contributed by atoms with E-state index in [1.807, 2.05) is 6.08 Å². The number of hydrogen-bond donors (Lipinski definition) is 0. The molecule has 0 N–H and O–H groups in total. The summed E-state index contributed by atoms with van der Waals surface area (Å²) in [4.78, 5) is 0. The molecule has 0 saturated heterocycles. The van der Waals surface area contributed by atoms with Crippen molar-refractivity contribution in [1.29, 1.82) is 0 Å². The molecule has 0 heterocycles. The minimum atomic E-state index is 0.781. The van der Waals surface area contributed by atoms with E-state index < -0.39 is 0 Å². The Morgan fingerprint density at radius 3 is 2.41 bits per heavy atom. The zero-order chi connectivity index (χ0) is 12.6. The Morgan fingerprint density at radius 1 is 0.882 bits per heavy atom. The third-order valence-electron chi connectivity index (χ3n) is 2.80. The summed E-state index contributed by atoms with van der Waals surface area (Å²) >= 11 is 0. The van der Waals surface area contributed by atoms with Crippen LogP contribution in [0.3, 0.4) is 0 Å². The van der Waals surface area contributed by atoms with Gasteiger partial charge in [-0.2, -0.15) is 0 Å². The van der Waals surface area contributed by atoms with E-state index in [2.05, 4.69) is 25.7 Å². The fraction of sp³-hybridized carbons (Fsp3) is 0.750. The molecule has 0 aliphatic carbocycles. The number of rotatable bonds is 13. The number of ether oxygens (including phenoxy) is 1. The molecular weight excluding hydrogens is 208 g/mol. The molecule has 1 heteroatoms. The lowest BCUT2D eigenvalue weighted by Gasteiger charge is -2.01. The van der Waals surface area contributed by atoms with Crippen molar-refractivity contribution in [1.82, 2.24) is 0 Å². The van der Waals surface area contributed by atoms with Gasteiger partial charge in [0.05, 0.1) is 6.61 Å². The Labute approximate surface area is 108 Å². The zero-order valence-electron chi connectivity index (χ0n) is 11.6. The molecule has 0 aromatic heterocycles. The fourth-order valence-electron chi connectivity index (χ4n) is 1.70. The molecule has 0 spiro atoms. The second-order valence-corrected chi connectivity index (χ2v) is 4.53. The molecule has 0 atom stereocenters. The number of unbranched alkanes of at least 4 members (excludes halogenated alkanes) is 7. The first-order valence-corrected chi connectivity index (χ1v) is 7.25. The van der Waals surface area contributed by atoms with Crippen LogP contribution in [0.1, 0.15) is 64.7 Å². The molecule has 100 valence electrons. The molecule has 0 radical (unpaired) electrons. The average molecular weight is 238 g/mol. The molecule has 0 unspecified atom stereocenters. The van der Waals surface area contributed by atoms with E-state index in [0.29, 0.717) is 0 Å². The molecule has 1 nitrogen and oxygen atoms in total. The lowest BCUT2D eigenvalue weighted by atomic mass is 10.1. The van der Waals surface area contributed by atoms with Crippen LogP contribution in [-0.4, -0.2) is 13.2 Å². The van der Waals surface area contributed by atoms with Gasteiger partial charge in [0.1, 0.15) is 0 Å². The van der Waals surface area contributed by atoms with Gasteiger partial charge in [-0.25, -0.2) is 0 Å². The zero-order valence-corrected chi connectivity index (χ0v) is 11.6. The first-order valence-electron chi connectivity index (χ1n) is 7.25. The van der Waals surface area contributed by atoms with Gasteiger partial charge in [-0.1, -0.05) is 57.3 Å². The highest BCUT2D eigenvalue weighted by Gasteiger charge is 1.89. The molecule has 17 heavy (non-hydrogen) atoms. The van der Waals surface area contributed by atoms with Crippen LogP contribution >= 0.6 is 0 Å². The SMILES string of the molecule is C=CCCCC=CCOCCCCCCCC. The van der Waals surface area contributed by atoms with Gasteiger partial charge in [-0.05, 0) is 25.7 Å². The third-order valence-corrected chi connectivity index (χ3v) is 2.80. The topological polar surface area (TPSA) is 9.23 Å². The quantitative estimate of drug-likeness (QED) is 0.313. The lowest BCUT2D eigenvalue weighted by molar-refractivity contribution is 0.157. The Hall–Kier alpha value is -0.560. The summed E-state index contributed by atoms with van der Waals surface area (Å²) in [5, 5.41) is 0. The summed E-state index contributed by atoms with van der Waals surface area (Å²) in [7, 11) is 0. The van der Waals surface area contributed by atoms with Crippen LogP contribution in [0.4, 0.5) is 0 Å². The van der Waals surface area contributed by atoms with Gasteiger partial charge in [-0.15, -0.1) is 6.58 Å². The summed E-state index contributed by atoms with van der Waals surface area (Å²) in [5.41, 5.74) is 0. The largest absolute Gasteiger partial charge is 0.377 e. The van der Waals surface area contributed by atoms with Gasteiger partial charge in [0.25, 0.3) is 0 Å². The predicted octanol–water partition coefficient (Wildman–Crippen LogP) is 5.28. The molecule has 0 fully saturated rings. The van der Waals surface area contributed by atoms with Crippen LogP contribution in [-0.2, 0) is 4.74 Å². The van der Waals surface area contributed by atoms with Crippen LogP contribution in [0, 0.1) is 0 Å². The average Bonchev–Trinajstić information content (AvgIpc) is 2.35. The van der Waals surface area contributed by atoms with Crippen molar-refractivity contribution in [2.75, 3.05) is 13.2 Å². The van der Waals surface area contributed by atoms with Gasteiger partial charge in [0.15, 0.2) is 0 Å². The van der Waals surface area contributed by atoms with Gasteiger partial charge in [0, 0.05) is 6.61 Å². The second-order valence-electron chi connectivity index (χ2n) is 4.53. The van der Waals surface area contributed by atoms with Crippen molar-refractivity contribution in [2.24, 2.45) is 0 Å². The fourth-order valence-corrected chi connectivity index (χ4v) is 1.70. The molecular formula is C16H30O. The highest BCUT2D eigenvalue weighted by atomic mass is 16.5. The van der Waals surface area contributed by atoms with Gasteiger partial charge >= 0.3 is 0 Å². The van der Waals surface area contributed by atoms with Gasteiger partial charge < -0.3 is 4.74 Å². The molecule has 0 bridgehead atoms. The van der Waals surface area contributed by atoms with E-state index in [-0.39, 0.29) is 0 Å². The van der Waals surface area contributed by atoms with E-state index in [1.54, 1.807) is 0 Å². The first-order chi connectivity index (χ1) is 8.41. The highest BCUT2D eigenvalue weighted by Crippen LogP contribution is 2.04. The van der Waals surface area contributed by atoms with Crippen LogP contribution in [0.25, 0.3) is 0 Å². The van der Waals surface area contributed by atoms with E-state index in [0.717, 1.165) is 26.1 Å². The minimum Gasteiger partial charge on any atom is -0.377 e. The normalized spacial score (nSPS) is 11.1. The van der Waals surface area contributed by atoms with Crippen LogP contribution in [0.5, 0.6) is 0 Å². The molecule has 0 aliphatic rings. The lowest BCUT2D eigenvalue weighted by Crippen LogP contribution is -1.94. The van der Waals surface area contributed by atoms with Crippen molar-refractivity contribution >= 4 is 0 Å². The monoisotopic (exact) mass is 238 g/mol. The molecule has 0 amide bonds. The molecule has 0 aromatic carbocycles. The molecule has 0 aliphatic heterocycles. The maximum absolute atomic E-state index is 5.54. The van der Waals surface area contributed by atoms with Crippen LogP contribution in [0.15, 0.2) is 24.8 Å². The van der Waals surface area contributed by atoms with Crippen molar-refractivity contribution in [3.63, 3.8) is 0 Å². The predicted molar refractivity (Wildman–Crippen MR) is 77.4 cm³/mol. The summed E-state index contributed by atoms with van der Waals surface area (Å²) in [6.07, 6.45) is 17.8. The number of allylic oxidation sites excluding steroid dienone is 2. The van der Waals surface area contributed by atoms with E-state index >= 15 is 0 Å². The summed E-state index contributed by atoms with van der Waals surface area (Å²) < 4.78 is 5.54. The summed E-state index contributed by atoms with van der Waals surface area (Å²) in [6.45, 7) is 7.66. The smallest absolute Gasteiger partial charge is 0.0647 e. The molecule has 0 aromatic rings. The Bertz CT molecular complexity index is 172.